The minimum Gasteiger partial charge on any atom is -0.461 e. The summed E-state index contributed by atoms with van der Waals surface area (Å²) in [6.45, 7) is 33.7. The fourth-order valence-electron chi connectivity index (χ4n) is 9.13. The summed E-state index contributed by atoms with van der Waals surface area (Å²) in [7, 11) is 0. The first-order valence-corrected chi connectivity index (χ1v) is 30.5. The molecule has 0 aliphatic heterocycles. The maximum Gasteiger partial charge on any atom is 0.407 e. The molecule has 1 aromatic carbocycles. The van der Waals surface area contributed by atoms with Gasteiger partial charge in [-0.25, -0.2) is 4.79 Å². The minimum absolute atomic E-state index is 0.00686. The fourth-order valence-corrected chi connectivity index (χ4v) is 9.13. The number of nitrogens with one attached hydrogen (secondary N) is 9. The summed E-state index contributed by atoms with van der Waals surface area (Å²) in [5, 5.41) is 26.0. The van der Waals surface area contributed by atoms with Crippen molar-refractivity contribution in [3.8, 4) is 0 Å². The van der Waals surface area contributed by atoms with E-state index >= 15 is 0 Å². The van der Waals surface area contributed by atoms with Crippen molar-refractivity contribution in [2.75, 3.05) is 26.2 Å². The summed E-state index contributed by atoms with van der Waals surface area (Å²) in [6, 6.07) is 6.74. The molecule has 9 N–H and O–H groups in total. The second-order valence-corrected chi connectivity index (χ2v) is 26.3. The average molecular weight is 1180 g/mol. The highest BCUT2D eigenvalue weighted by molar-refractivity contribution is 5.86. The van der Waals surface area contributed by atoms with E-state index in [-0.39, 0.29) is 148 Å². The molecule has 0 bridgehead atoms. The molecule has 0 saturated heterocycles. The normalized spacial score (nSPS) is 14.9. The van der Waals surface area contributed by atoms with Crippen molar-refractivity contribution in [2.45, 2.75) is 218 Å². The molecule has 0 fully saturated rings. The van der Waals surface area contributed by atoms with Gasteiger partial charge in [0.2, 0.25) is 47.3 Å². The van der Waals surface area contributed by atoms with Crippen molar-refractivity contribution in [3.63, 3.8) is 0 Å². The first kappa shape index (κ1) is 75.7. The van der Waals surface area contributed by atoms with Crippen molar-refractivity contribution in [2.24, 2.45) is 59.2 Å². The third-order valence-electron chi connectivity index (χ3n) is 14.1. The van der Waals surface area contributed by atoms with Crippen LogP contribution in [0.25, 0.3) is 0 Å². The van der Waals surface area contributed by atoms with Gasteiger partial charge in [-0.1, -0.05) is 127 Å². The zero-order chi connectivity index (χ0) is 64.0. The summed E-state index contributed by atoms with van der Waals surface area (Å²) in [6.07, 6.45) is 0.743. The lowest BCUT2D eigenvalue weighted by Crippen LogP contribution is -2.49. The van der Waals surface area contributed by atoms with E-state index in [1.165, 1.54) is 0 Å². The Balaban J connectivity index is 2.77. The van der Waals surface area contributed by atoms with Gasteiger partial charge in [0.25, 0.3) is 0 Å². The van der Waals surface area contributed by atoms with E-state index in [4.69, 9.17) is 9.47 Å². The lowest BCUT2D eigenvalue weighted by Gasteiger charge is -2.27. The zero-order valence-corrected chi connectivity index (χ0v) is 54.1. The van der Waals surface area contributed by atoms with Crippen LogP contribution in [-0.4, -0.2) is 121 Å². The van der Waals surface area contributed by atoms with Crippen molar-refractivity contribution in [1.29, 1.82) is 0 Å². The molecule has 1 rings (SSSR count). The van der Waals surface area contributed by atoms with Crippen LogP contribution in [0.15, 0.2) is 30.3 Å². The fraction of sp³-hybridized carbons (Fsp3) is 0.746. The Labute approximate surface area is 502 Å². The summed E-state index contributed by atoms with van der Waals surface area (Å²) in [4.78, 5) is 132. The predicted molar refractivity (Wildman–Crippen MR) is 326 cm³/mol. The monoisotopic (exact) mass is 1180 g/mol. The number of benzene rings is 1. The molecular weight excluding hydrogens is 1070 g/mol. The van der Waals surface area contributed by atoms with Crippen molar-refractivity contribution in [1.82, 2.24) is 47.9 Å². The van der Waals surface area contributed by atoms with Crippen LogP contribution in [0.4, 0.5) is 4.79 Å². The van der Waals surface area contributed by atoms with Gasteiger partial charge in [0.05, 0.1) is 30.1 Å². The van der Waals surface area contributed by atoms with Crippen molar-refractivity contribution < 1.29 is 57.4 Å². The second-order valence-electron chi connectivity index (χ2n) is 26.3. The van der Waals surface area contributed by atoms with E-state index in [2.05, 4.69) is 47.9 Å². The zero-order valence-electron chi connectivity index (χ0n) is 54.1. The molecule has 9 amide bonds. The van der Waals surface area contributed by atoms with Gasteiger partial charge in [-0.15, -0.1) is 0 Å². The highest BCUT2D eigenvalue weighted by Gasteiger charge is 2.31. The summed E-state index contributed by atoms with van der Waals surface area (Å²) in [5.74, 6) is -5.63. The second kappa shape index (κ2) is 38.6. The lowest BCUT2D eigenvalue weighted by molar-refractivity contribution is -0.146. The molecule has 0 aromatic heterocycles. The van der Waals surface area contributed by atoms with Crippen LogP contribution in [-0.2, 0) is 59.2 Å². The number of amides is 9. The first-order valence-electron chi connectivity index (χ1n) is 30.5. The van der Waals surface area contributed by atoms with Gasteiger partial charge in [0.15, 0.2) is 0 Å². The topological polar surface area (TPSA) is 297 Å². The highest BCUT2D eigenvalue weighted by Crippen LogP contribution is 2.18. The van der Waals surface area contributed by atoms with Gasteiger partial charge < -0.3 is 57.3 Å². The van der Waals surface area contributed by atoms with Gasteiger partial charge in [-0.05, 0) is 88.0 Å². The van der Waals surface area contributed by atoms with Crippen LogP contribution in [0.3, 0.4) is 0 Å². The average Bonchev–Trinajstić information content (AvgIpc) is 3.36. The molecule has 0 saturated carbocycles. The number of rotatable bonds is 38. The lowest BCUT2D eigenvalue weighted by atomic mass is 9.93. The van der Waals surface area contributed by atoms with Crippen LogP contribution in [0.2, 0.25) is 0 Å². The van der Waals surface area contributed by atoms with E-state index in [9.17, 15) is 47.9 Å². The van der Waals surface area contributed by atoms with Gasteiger partial charge in [0.1, 0.15) is 12.2 Å². The number of carbonyl (C=O) groups is 10. The van der Waals surface area contributed by atoms with E-state index in [1.54, 1.807) is 41.5 Å². The summed E-state index contributed by atoms with van der Waals surface area (Å²) < 4.78 is 10.8. The van der Waals surface area contributed by atoms with Crippen LogP contribution in [0, 0.1) is 59.2 Å². The standard InChI is InChI=1S/C63H109N9O12/c1-37(2)24-47(60(80)71-51(41(9)10)30-55(75)64-33-44(14)59(79)70-49(26-39(5)6)29-57(77)83-36-46-22-20-19-21-23-46)34-66-53(73)27-45(15)68-61(81)50(40(7)8)35-67-54(74)28-48(25-38(3)4)69-58(78)43(13)32-65-56(76)31-52(42(11)12)72-62(82)84-63(16,17)18/h19-23,37-45,47-52H,24-36H2,1-18H3,(H,64,75)(H,65,76)(H,66,73)(H,67,74)(H,68,81)(H,69,78)(H,70,79)(H,71,80)(H,72,82)/t43-,44-,45-,47-,48-,49-,50+,51+,52+/m0/s1. The van der Waals surface area contributed by atoms with Crippen LogP contribution < -0.4 is 47.9 Å². The molecule has 0 heterocycles. The van der Waals surface area contributed by atoms with Gasteiger partial charge in [-0.3, -0.25) is 43.2 Å². The Kier molecular flexibility index (Phi) is 34.8. The maximum atomic E-state index is 13.8. The quantitative estimate of drug-likeness (QED) is 0.0316. The van der Waals surface area contributed by atoms with Crippen LogP contribution in [0.5, 0.6) is 0 Å². The molecule has 0 radical (unpaired) electrons. The molecule has 0 unspecified atom stereocenters. The Morgan fingerprint density at radius 1 is 0.440 bits per heavy atom. The number of carbonyl (C=O) groups excluding carboxylic acids is 10. The van der Waals surface area contributed by atoms with Crippen molar-refractivity contribution >= 4 is 59.3 Å². The molecule has 0 aliphatic carbocycles. The summed E-state index contributed by atoms with van der Waals surface area (Å²) >= 11 is 0. The molecule has 21 heteroatoms. The number of alkyl carbamates (subject to hydrolysis) is 1. The molecular formula is C63H109N9O12. The molecule has 478 valence electrons. The van der Waals surface area contributed by atoms with Crippen molar-refractivity contribution in [3.05, 3.63) is 35.9 Å². The van der Waals surface area contributed by atoms with Gasteiger partial charge in [-0.2, -0.15) is 0 Å². The van der Waals surface area contributed by atoms with E-state index in [0.717, 1.165) is 5.56 Å². The Bertz CT molecular complexity index is 2230. The maximum absolute atomic E-state index is 13.8. The number of hydrogen-bond acceptors (Lipinski definition) is 12. The smallest absolute Gasteiger partial charge is 0.407 e. The molecule has 0 aliphatic rings. The molecule has 84 heavy (non-hydrogen) atoms. The molecule has 1 aromatic rings. The number of hydrogen-bond donors (Lipinski definition) is 9. The number of esters is 1. The molecule has 21 nitrogen and oxygen atoms in total. The van der Waals surface area contributed by atoms with E-state index in [0.29, 0.717) is 19.3 Å². The molecule has 9 atom stereocenters. The van der Waals surface area contributed by atoms with E-state index in [1.807, 2.05) is 113 Å². The minimum atomic E-state index is -0.697. The first-order chi connectivity index (χ1) is 39.0. The predicted octanol–water partition coefficient (Wildman–Crippen LogP) is 6.61. The van der Waals surface area contributed by atoms with Crippen LogP contribution in [0.1, 0.15) is 182 Å². The largest absolute Gasteiger partial charge is 0.461 e. The van der Waals surface area contributed by atoms with Gasteiger partial charge in [0, 0.05) is 82.1 Å². The van der Waals surface area contributed by atoms with Crippen LogP contribution >= 0.6 is 0 Å². The Morgan fingerprint density at radius 2 is 0.881 bits per heavy atom. The number of ether oxygens (including phenoxy) is 2. The van der Waals surface area contributed by atoms with Gasteiger partial charge >= 0.3 is 12.1 Å². The molecule has 0 spiro atoms. The highest BCUT2D eigenvalue weighted by atomic mass is 16.6. The Morgan fingerprint density at radius 3 is 1.35 bits per heavy atom. The SMILES string of the molecule is CC(C)C[C@@H](CC(=O)NC[C@@H](C(=O)N[C@@H](C)CC(=O)NC[C@H](CC(C)C)C(=O)N[C@H](CC(=O)NC[C@H](C)C(=O)N[C@H](CC(=O)OCc1ccccc1)CC(C)C)C(C)C)C(C)C)NC(=O)[C@@H](C)CNC(=O)C[C@@H](NC(=O)OC(C)(C)C)C(C)C. The third kappa shape index (κ3) is 33.9. The summed E-state index contributed by atoms with van der Waals surface area (Å²) in [5.41, 5.74) is 0.165. The van der Waals surface area contributed by atoms with E-state index < -0.39 is 71.5 Å². The third-order valence-corrected chi connectivity index (χ3v) is 14.1. The Hall–Kier alpha value is -6.28.